The van der Waals surface area contributed by atoms with Gasteiger partial charge in [-0.15, -0.1) is 0 Å². The number of aryl methyl sites for hydroxylation is 1. The van der Waals surface area contributed by atoms with Crippen LogP contribution in [0.25, 0.3) is 0 Å². The number of rotatable bonds is 4. The van der Waals surface area contributed by atoms with Gasteiger partial charge >= 0.3 is 0 Å². The summed E-state index contributed by atoms with van der Waals surface area (Å²) in [6.45, 7) is 1.87. The first-order chi connectivity index (χ1) is 11.7. The molecule has 0 spiro atoms. The first kappa shape index (κ1) is 15.5. The highest BCUT2D eigenvalue weighted by molar-refractivity contribution is 5.65. The van der Waals surface area contributed by atoms with Gasteiger partial charge in [0.2, 0.25) is 0 Å². The van der Waals surface area contributed by atoms with Gasteiger partial charge in [-0.2, -0.15) is 5.26 Å². The molecule has 1 aromatic heterocycles. The van der Waals surface area contributed by atoms with Crippen LogP contribution >= 0.6 is 0 Å². The van der Waals surface area contributed by atoms with Gasteiger partial charge in [0.25, 0.3) is 0 Å². The van der Waals surface area contributed by atoms with E-state index in [-0.39, 0.29) is 0 Å². The van der Waals surface area contributed by atoms with Gasteiger partial charge < -0.3 is 10.2 Å². The molecule has 1 N–H and O–H groups in total. The van der Waals surface area contributed by atoms with Crippen molar-refractivity contribution in [2.24, 2.45) is 0 Å². The van der Waals surface area contributed by atoms with Crippen molar-refractivity contribution in [3.05, 3.63) is 72.1 Å². The van der Waals surface area contributed by atoms with Crippen molar-refractivity contribution in [1.29, 1.82) is 5.26 Å². The van der Waals surface area contributed by atoms with E-state index in [1.165, 1.54) is 0 Å². The lowest BCUT2D eigenvalue weighted by Gasteiger charge is -2.19. The molecule has 0 atom stereocenters. The molecule has 0 fully saturated rings. The molecule has 0 unspecified atom stereocenters. The summed E-state index contributed by atoms with van der Waals surface area (Å²) in [6.07, 6.45) is 0. The Morgan fingerprint density at radius 3 is 2.38 bits per heavy atom. The number of nitriles is 1. The van der Waals surface area contributed by atoms with Crippen molar-refractivity contribution in [1.82, 2.24) is 9.97 Å². The number of para-hydroxylation sites is 1. The summed E-state index contributed by atoms with van der Waals surface area (Å²) in [5, 5.41) is 12.1. The fourth-order valence-corrected chi connectivity index (χ4v) is 2.35. The van der Waals surface area contributed by atoms with Gasteiger partial charge in [0, 0.05) is 24.5 Å². The number of hydrogen-bond donors (Lipinski definition) is 1. The summed E-state index contributed by atoms with van der Waals surface area (Å²) in [5.41, 5.74) is 2.56. The highest BCUT2D eigenvalue weighted by Crippen LogP contribution is 2.24. The van der Waals surface area contributed by atoms with Crippen LogP contribution in [0, 0.1) is 18.3 Å². The Balaban J connectivity index is 1.87. The topological polar surface area (TPSA) is 64.8 Å². The van der Waals surface area contributed by atoms with E-state index in [1.807, 2.05) is 67.4 Å². The smallest absolute Gasteiger partial charge is 0.138 e. The van der Waals surface area contributed by atoms with Crippen LogP contribution in [0.5, 0.6) is 0 Å². The third kappa shape index (κ3) is 3.50. The number of nitrogens with one attached hydrogen (secondary N) is 1. The van der Waals surface area contributed by atoms with Gasteiger partial charge in [-0.25, -0.2) is 9.97 Å². The zero-order valence-electron chi connectivity index (χ0n) is 13.6. The molecular weight excluding hydrogens is 298 g/mol. The summed E-state index contributed by atoms with van der Waals surface area (Å²) in [4.78, 5) is 11.0. The van der Waals surface area contributed by atoms with E-state index in [9.17, 15) is 0 Å². The lowest BCUT2D eigenvalue weighted by Crippen LogP contribution is -2.12. The average Bonchev–Trinajstić information content (AvgIpc) is 2.62. The van der Waals surface area contributed by atoms with E-state index >= 15 is 0 Å². The Bertz CT molecular complexity index is 867. The Morgan fingerprint density at radius 1 is 1.00 bits per heavy atom. The summed E-state index contributed by atoms with van der Waals surface area (Å²) < 4.78 is 0. The van der Waals surface area contributed by atoms with Crippen LogP contribution in [-0.4, -0.2) is 17.0 Å². The van der Waals surface area contributed by atoms with Gasteiger partial charge in [-0.3, -0.25) is 0 Å². The SMILES string of the molecule is Cc1nc(Nc2ccc(C#N)cc2)cc(N(C)c2ccccc2)n1. The number of aromatic nitrogens is 2. The third-order valence-electron chi connectivity index (χ3n) is 3.60. The molecule has 0 saturated carbocycles. The van der Waals surface area contributed by atoms with Crippen LogP contribution in [0.2, 0.25) is 0 Å². The van der Waals surface area contributed by atoms with Crippen LogP contribution in [0.3, 0.4) is 0 Å². The van der Waals surface area contributed by atoms with Crippen molar-refractivity contribution in [2.75, 3.05) is 17.3 Å². The standard InChI is InChI=1S/C19H17N5/c1-14-21-18(23-16-10-8-15(13-20)9-11-16)12-19(22-14)24(2)17-6-4-3-5-7-17/h3-12H,1-2H3,(H,21,22,23). The zero-order chi connectivity index (χ0) is 16.9. The molecule has 3 rings (SSSR count). The molecule has 0 amide bonds. The molecule has 2 aromatic carbocycles. The molecule has 5 nitrogen and oxygen atoms in total. The molecule has 0 bridgehead atoms. The molecule has 0 aliphatic rings. The molecule has 0 aliphatic carbocycles. The first-order valence-corrected chi connectivity index (χ1v) is 7.57. The molecular formula is C19H17N5. The second-order valence-electron chi connectivity index (χ2n) is 5.37. The second kappa shape index (κ2) is 6.80. The summed E-state index contributed by atoms with van der Waals surface area (Å²) in [5.74, 6) is 2.21. The molecule has 24 heavy (non-hydrogen) atoms. The Labute approximate surface area is 141 Å². The van der Waals surface area contributed by atoms with E-state index in [0.717, 1.165) is 17.2 Å². The van der Waals surface area contributed by atoms with Crippen molar-refractivity contribution >= 4 is 23.0 Å². The molecule has 1 heterocycles. The fraction of sp³-hybridized carbons (Fsp3) is 0.105. The first-order valence-electron chi connectivity index (χ1n) is 7.57. The van der Waals surface area contributed by atoms with E-state index in [1.54, 1.807) is 12.1 Å². The summed E-state index contributed by atoms with van der Waals surface area (Å²) in [7, 11) is 1.97. The van der Waals surface area contributed by atoms with Gasteiger partial charge in [0.1, 0.15) is 17.5 Å². The van der Waals surface area contributed by atoms with Crippen LogP contribution < -0.4 is 10.2 Å². The minimum atomic E-state index is 0.629. The molecule has 118 valence electrons. The Morgan fingerprint density at radius 2 is 1.71 bits per heavy atom. The predicted molar refractivity (Wildman–Crippen MR) is 95.7 cm³/mol. The maximum Gasteiger partial charge on any atom is 0.138 e. The largest absolute Gasteiger partial charge is 0.340 e. The number of hydrogen-bond acceptors (Lipinski definition) is 5. The van der Waals surface area contributed by atoms with Crippen LogP contribution in [0.15, 0.2) is 60.7 Å². The molecule has 0 saturated heterocycles. The van der Waals surface area contributed by atoms with E-state index in [0.29, 0.717) is 17.2 Å². The molecule has 0 radical (unpaired) electrons. The number of benzene rings is 2. The third-order valence-corrected chi connectivity index (χ3v) is 3.60. The molecule has 0 aliphatic heterocycles. The van der Waals surface area contributed by atoms with Gasteiger partial charge in [-0.1, -0.05) is 18.2 Å². The van der Waals surface area contributed by atoms with Gasteiger partial charge in [0.05, 0.1) is 11.6 Å². The quantitative estimate of drug-likeness (QED) is 0.783. The lowest BCUT2D eigenvalue weighted by molar-refractivity contribution is 1.02. The highest BCUT2D eigenvalue weighted by atomic mass is 15.2. The van der Waals surface area contributed by atoms with Gasteiger partial charge in [0.15, 0.2) is 0 Å². The number of nitrogens with zero attached hydrogens (tertiary/aromatic N) is 4. The second-order valence-corrected chi connectivity index (χ2v) is 5.37. The molecule has 3 aromatic rings. The Hall–Kier alpha value is -3.39. The minimum Gasteiger partial charge on any atom is -0.340 e. The van der Waals surface area contributed by atoms with E-state index in [2.05, 4.69) is 21.4 Å². The van der Waals surface area contributed by atoms with Crippen LogP contribution in [0.1, 0.15) is 11.4 Å². The number of anilines is 4. The van der Waals surface area contributed by atoms with Crippen molar-refractivity contribution in [3.8, 4) is 6.07 Å². The highest BCUT2D eigenvalue weighted by Gasteiger charge is 2.08. The van der Waals surface area contributed by atoms with E-state index < -0.39 is 0 Å². The lowest BCUT2D eigenvalue weighted by atomic mass is 10.2. The normalized spacial score (nSPS) is 10.0. The van der Waals surface area contributed by atoms with Crippen LogP contribution in [0.4, 0.5) is 23.0 Å². The Kier molecular flexibility index (Phi) is 4.39. The molecule has 5 heteroatoms. The van der Waals surface area contributed by atoms with E-state index in [4.69, 9.17) is 5.26 Å². The van der Waals surface area contributed by atoms with Gasteiger partial charge in [-0.05, 0) is 43.3 Å². The van der Waals surface area contributed by atoms with Crippen molar-refractivity contribution < 1.29 is 0 Å². The predicted octanol–water partition coefficient (Wildman–Crippen LogP) is 4.17. The van der Waals surface area contributed by atoms with Crippen molar-refractivity contribution in [3.63, 3.8) is 0 Å². The van der Waals surface area contributed by atoms with Crippen molar-refractivity contribution in [2.45, 2.75) is 6.92 Å². The average molecular weight is 315 g/mol. The summed E-state index contributed by atoms with van der Waals surface area (Å²) >= 11 is 0. The maximum atomic E-state index is 8.86. The zero-order valence-corrected chi connectivity index (χ0v) is 13.6. The monoisotopic (exact) mass is 315 g/mol. The van der Waals surface area contributed by atoms with Crippen LogP contribution in [-0.2, 0) is 0 Å². The minimum absolute atomic E-state index is 0.629. The fourth-order valence-electron chi connectivity index (χ4n) is 2.35. The summed E-state index contributed by atoms with van der Waals surface area (Å²) in [6, 6.07) is 21.3. The maximum absolute atomic E-state index is 8.86.